The zero-order valence-corrected chi connectivity index (χ0v) is 12.5. The van der Waals surface area contributed by atoms with Crippen LogP contribution in [0.3, 0.4) is 0 Å². The minimum Gasteiger partial charge on any atom is -0.203 e. The Morgan fingerprint density at radius 2 is 1.00 bits per heavy atom. The molecular weight excluding hydrogens is 337 g/mol. The quantitative estimate of drug-likeness (QED) is 0.357. The lowest BCUT2D eigenvalue weighted by Gasteiger charge is -2.23. The number of hydrogen-bond acceptors (Lipinski definition) is 0. The maximum Gasteiger partial charge on any atom is 0.198 e. The van der Waals surface area contributed by atoms with Gasteiger partial charge in [-0.2, -0.15) is 0 Å². The van der Waals surface area contributed by atoms with Crippen molar-refractivity contribution in [3.8, 4) is 0 Å². The maximum absolute atomic E-state index is 14.2. The first kappa shape index (κ1) is 17.0. The van der Waals surface area contributed by atoms with Crippen LogP contribution in [0.25, 0.3) is 10.8 Å². The molecule has 130 valence electrons. The van der Waals surface area contributed by atoms with Crippen molar-refractivity contribution in [2.24, 2.45) is 5.92 Å². The van der Waals surface area contributed by atoms with Gasteiger partial charge in [0.25, 0.3) is 0 Å². The number of fused-ring (bicyclic) bond motifs is 1. The van der Waals surface area contributed by atoms with Crippen molar-refractivity contribution in [2.45, 2.75) is 38.5 Å². The average Bonchev–Trinajstić information content (AvgIpc) is 2.59. The molecule has 0 nitrogen and oxygen atoms in total. The second-order valence-electron chi connectivity index (χ2n) is 6.13. The van der Waals surface area contributed by atoms with Crippen molar-refractivity contribution in [2.75, 3.05) is 0 Å². The van der Waals surface area contributed by atoms with Crippen molar-refractivity contribution in [3.05, 3.63) is 46.3 Å². The molecule has 24 heavy (non-hydrogen) atoms. The molecule has 0 aromatic heterocycles. The van der Waals surface area contributed by atoms with Gasteiger partial charge in [0.2, 0.25) is 0 Å². The molecule has 0 radical (unpaired) electrons. The molecule has 3 rings (SSSR count). The van der Waals surface area contributed by atoms with Crippen LogP contribution in [0, 0.1) is 46.6 Å². The molecule has 0 bridgehead atoms. The predicted molar refractivity (Wildman–Crippen MR) is 73.9 cm³/mol. The zero-order valence-electron chi connectivity index (χ0n) is 12.5. The summed E-state index contributed by atoms with van der Waals surface area (Å²) in [7, 11) is 0. The van der Waals surface area contributed by atoms with Gasteiger partial charge in [0, 0.05) is 10.9 Å². The van der Waals surface area contributed by atoms with E-state index in [1.807, 2.05) is 0 Å². The van der Waals surface area contributed by atoms with E-state index in [0.717, 1.165) is 19.3 Å². The van der Waals surface area contributed by atoms with Gasteiger partial charge in [0.1, 0.15) is 0 Å². The van der Waals surface area contributed by atoms with Crippen LogP contribution >= 0.6 is 0 Å². The van der Waals surface area contributed by atoms with Gasteiger partial charge in [-0.05, 0) is 12.3 Å². The van der Waals surface area contributed by atoms with Gasteiger partial charge in [0.15, 0.2) is 40.7 Å². The van der Waals surface area contributed by atoms with E-state index in [4.69, 9.17) is 0 Å². The molecule has 0 spiro atoms. The molecule has 2 aromatic rings. The molecule has 2 aromatic carbocycles. The number of halogens is 7. The summed E-state index contributed by atoms with van der Waals surface area (Å²) in [6.07, 6.45) is 3.78. The van der Waals surface area contributed by atoms with Gasteiger partial charge >= 0.3 is 0 Å². The highest BCUT2D eigenvalue weighted by Crippen LogP contribution is 2.37. The number of benzene rings is 2. The molecule has 0 aliphatic heterocycles. The third-order valence-electron chi connectivity index (χ3n) is 4.66. The second-order valence-corrected chi connectivity index (χ2v) is 6.13. The molecule has 7 heteroatoms. The molecule has 0 unspecified atom stereocenters. The predicted octanol–water partition coefficient (Wildman–Crippen LogP) is 5.94. The van der Waals surface area contributed by atoms with Crippen LogP contribution in [-0.2, 0) is 6.42 Å². The second kappa shape index (κ2) is 6.26. The number of rotatable bonds is 2. The van der Waals surface area contributed by atoms with Crippen LogP contribution in [0.5, 0.6) is 0 Å². The van der Waals surface area contributed by atoms with Gasteiger partial charge in [-0.25, -0.2) is 30.7 Å². The van der Waals surface area contributed by atoms with E-state index in [0.29, 0.717) is 12.8 Å². The van der Waals surface area contributed by atoms with Crippen LogP contribution < -0.4 is 0 Å². The van der Waals surface area contributed by atoms with Crippen molar-refractivity contribution >= 4 is 10.8 Å². The van der Waals surface area contributed by atoms with Gasteiger partial charge in [-0.3, -0.25) is 0 Å². The Kier molecular flexibility index (Phi) is 4.44. The van der Waals surface area contributed by atoms with E-state index in [1.54, 1.807) is 0 Å². The van der Waals surface area contributed by atoms with Crippen LogP contribution in [0.2, 0.25) is 0 Å². The molecule has 0 heterocycles. The third kappa shape index (κ3) is 2.54. The Bertz CT molecular complexity index is 799. The Morgan fingerprint density at radius 3 is 1.54 bits per heavy atom. The summed E-state index contributed by atoms with van der Waals surface area (Å²) in [5.41, 5.74) is -0.647. The molecule has 0 atom stereocenters. The fourth-order valence-electron chi connectivity index (χ4n) is 3.44. The topological polar surface area (TPSA) is 0 Å². The highest BCUT2D eigenvalue weighted by molar-refractivity contribution is 5.88. The molecule has 0 saturated heterocycles. The first-order valence-corrected chi connectivity index (χ1v) is 7.65. The highest BCUT2D eigenvalue weighted by atomic mass is 19.2. The van der Waals surface area contributed by atoms with Crippen LogP contribution in [-0.4, -0.2) is 0 Å². The van der Waals surface area contributed by atoms with E-state index in [2.05, 4.69) is 0 Å². The zero-order chi connectivity index (χ0) is 17.6. The van der Waals surface area contributed by atoms with E-state index >= 15 is 0 Å². The Labute approximate surface area is 133 Å². The summed E-state index contributed by atoms with van der Waals surface area (Å²) in [5, 5.41) is -2.45. The molecule has 1 aliphatic carbocycles. The fourth-order valence-corrected chi connectivity index (χ4v) is 3.44. The lowest BCUT2D eigenvalue weighted by molar-refractivity contribution is 0.349. The summed E-state index contributed by atoms with van der Waals surface area (Å²) in [6.45, 7) is 0. The lowest BCUT2D eigenvalue weighted by atomic mass is 9.83. The summed E-state index contributed by atoms with van der Waals surface area (Å²) in [6, 6.07) is 0. The smallest absolute Gasteiger partial charge is 0.198 e. The molecule has 0 amide bonds. The van der Waals surface area contributed by atoms with Gasteiger partial charge in [-0.1, -0.05) is 32.1 Å². The van der Waals surface area contributed by atoms with Crippen molar-refractivity contribution < 1.29 is 30.7 Å². The van der Waals surface area contributed by atoms with E-state index in [9.17, 15) is 30.7 Å². The molecule has 0 N–H and O–H groups in total. The number of hydrogen-bond donors (Lipinski definition) is 0. The summed E-state index contributed by atoms with van der Waals surface area (Å²) in [4.78, 5) is 0. The molecule has 1 saturated carbocycles. The van der Waals surface area contributed by atoms with Crippen LogP contribution in [0.1, 0.15) is 37.7 Å². The lowest BCUT2D eigenvalue weighted by Crippen LogP contribution is -2.14. The standard InChI is InChI=1S/C17H13F7/c18-11-8(6-7-4-2-1-3-5-7)9-10(13(20)15(11)22)14(21)17(24)16(23)12(9)19/h7H,1-6H2. The van der Waals surface area contributed by atoms with Crippen molar-refractivity contribution in [1.29, 1.82) is 0 Å². The van der Waals surface area contributed by atoms with Crippen LogP contribution in [0.15, 0.2) is 0 Å². The van der Waals surface area contributed by atoms with E-state index < -0.39 is 57.1 Å². The SMILES string of the molecule is Fc1c(F)c(F)c2c(CC3CCCCC3)c(F)c(F)c(F)c2c1F. The van der Waals surface area contributed by atoms with Gasteiger partial charge < -0.3 is 0 Å². The van der Waals surface area contributed by atoms with Gasteiger partial charge in [0.05, 0.1) is 5.39 Å². The largest absolute Gasteiger partial charge is 0.203 e. The Balaban J connectivity index is 2.31. The Morgan fingerprint density at radius 1 is 0.542 bits per heavy atom. The summed E-state index contributed by atoms with van der Waals surface area (Å²) in [5.74, 6) is -14.3. The summed E-state index contributed by atoms with van der Waals surface area (Å²) < 4.78 is 96.6. The van der Waals surface area contributed by atoms with Gasteiger partial charge in [-0.15, -0.1) is 0 Å². The molecule has 1 aliphatic rings. The maximum atomic E-state index is 14.2. The third-order valence-corrected chi connectivity index (χ3v) is 4.66. The molecule has 1 fully saturated rings. The fraction of sp³-hybridized carbons (Fsp3) is 0.412. The minimum atomic E-state index is -2.26. The van der Waals surface area contributed by atoms with E-state index in [1.165, 1.54) is 0 Å². The normalized spacial score (nSPS) is 16.1. The van der Waals surface area contributed by atoms with Crippen molar-refractivity contribution in [3.63, 3.8) is 0 Å². The highest BCUT2D eigenvalue weighted by Gasteiger charge is 2.31. The first-order valence-electron chi connectivity index (χ1n) is 7.65. The van der Waals surface area contributed by atoms with E-state index in [-0.39, 0.29) is 12.3 Å². The minimum absolute atomic E-state index is 0.142. The Hall–Kier alpha value is -1.79. The average molecular weight is 350 g/mol. The monoisotopic (exact) mass is 350 g/mol. The summed E-state index contributed by atoms with van der Waals surface area (Å²) >= 11 is 0. The van der Waals surface area contributed by atoms with Crippen LogP contribution in [0.4, 0.5) is 30.7 Å². The first-order chi connectivity index (χ1) is 11.3. The molecular formula is C17H13F7. The van der Waals surface area contributed by atoms with Crippen molar-refractivity contribution in [1.82, 2.24) is 0 Å².